The van der Waals surface area contributed by atoms with E-state index in [9.17, 15) is 8.42 Å². The molecule has 12 heavy (non-hydrogen) atoms. The summed E-state index contributed by atoms with van der Waals surface area (Å²) in [4.78, 5) is 0. The standard InChI is InChI=1S/C6H16N2O3S/c1-6(5-11-4)7-12(9,10)8(2)3/h6-7H,5H2,1-4H3. The first-order chi connectivity index (χ1) is 5.40. The highest BCUT2D eigenvalue weighted by molar-refractivity contribution is 7.87. The summed E-state index contributed by atoms with van der Waals surface area (Å²) in [6.45, 7) is 2.11. The van der Waals surface area contributed by atoms with Crippen LogP contribution in [0, 0.1) is 0 Å². The van der Waals surface area contributed by atoms with Crippen molar-refractivity contribution >= 4 is 10.2 Å². The van der Waals surface area contributed by atoms with Gasteiger partial charge in [0.1, 0.15) is 0 Å². The van der Waals surface area contributed by atoms with Crippen molar-refractivity contribution in [3.8, 4) is 0 Å². The molecule has 0 aromatic carbocycles. The first kappa shape index (κ1) is 11.8. The van der Waals surface area contributed by atoms with E-state index in [1.807, 2.05) is 0 Å². The molecule has 0 rings (SSSR count). The smallest absolute Gasteiger partial charge is 0.279 e. The van der Waals surface area contributed by atoms with Crippen molar-refractivity contribution in [2.24, 2.45) is 0 Å². The third-order valence-electron chi connectivity index (χ3n) is 1.25. The van der Waals surface area contributed by atoms with E-state index in [1.165, 1.54) is 21.2 Å². The zero-order valence-corrected chi connectivity index (χ0v) is 8.68. The summed E-state index contributed by atoms with van der Waals surface area (Å²) >= 11 is 0. The van der Waals surface area contributed by atoms with Crippen molar-refractivity contribution < 1.29 is 13.2 Å². The first-order valence-corrected chi connectivity index (χ1v) is 5.03. The minimum Gasteiger partial charge on any atom is -0.383 e. The molecule has 1 unspecified atom stereocenters. The number of rotatable bonds is 5. The molecule has 5 nitrogen and oxygen atoms in total. The van der Waals surface area contributed by atoms with Gasteiger partial charge in [0.2, 0.25) is 0 Å². The Morgan fingerprint density at radius 1 is 1.50 bits per heavy atom. The van der Waals surface area contributed by atoms with Gasteiger partial charge in [0.25, 0.3) is 10.2 Å². The van der Waals surface area contributed by atoms with E-state index in [-0.39, 0.29) is 6.04 Å². The monoisotopic (exact) mass is 196 g/mol. The van der Waals surface area contributed by atoms with Gasteiger partial charge in [0, 0.05) is 27.2 Å². The van der Waals surface area contributed by atoms with Crippen molar-refractivity contribution in [3.63, 3.8) is 0 Å². The first-order valence-electron chi connectivity index (χ1n) is 3.59. The third-order valence-corrected chi connectivity index (χ3v) is 2.91. The van der Waals surface area contributed by atoms with Crippen molar-refractivity contribution in [1.29, 1.82) is 0 Å². The lowest BCUT2D eigenvalue weighted by Gasteiger charge is -2.16. The molecule has 0 bridgehead atoms. The van der Waals surface area contributed by atoms with Gasteiger partial charge >= 0.3 is 0 Å². The molecule has 0 aromatic heterocycles. The average molecular weight is 196 g/mol. The van der Waals surface area contributed by atoms with E-state index >= 15 is 0 Å². The van der Waals surface area contributed by atoms with E-state index in [0.29, 0.717) is 6.61 Å². The normalized spacial score (nSPS) is 15.1. The van der Waals surface area contributed by atoms with Crippen LogP contribution >= 0.6 is 0 Å². The Morgan fingerprint density at radius 3 is 2.33 bits per heavy atom. The van der Waals surface area contributed by atoms with Crippen LogP contribution < -0.4 is 4.72 Å². The van der Waals surface area contributed by atoms with Gasteiger partial charge in [0.15, 0.2) is 0 Å². The predicted octanol–water partition coefficient (Wildman–Crippen LogP) is -0.583. The second-order valence-electron chi connectivity index (χ2n) is 2.76. The zero-order valence-electron chi connectivity index (χ0n) is 7.86. The average Bonchev–Trinajstić information content (AvgIpc) is 1.85. The van der Waals surface area contributed by atoms with Crippen molar-refractivity contribution in [2.75, 3.05) is 27.8 Å². The Bertz CT molecular complexity index is 213. The number of nitrogens with one attached hydrogen (secondary N) is 1. The molecule has 0 aliphatic heterocycles. The summed E-state index contributed by atoms with van der Waals surface area (Å²) in [7, 11) is 1.16. The predicted molar refractivity (Wildman–Crippen MR) is 47.1 cm³/mol. The molecule has 0 saturated carbocycles. The summed E-state index contributed by atoms with van der Waals surface area (Å²) < 4.78 is 30.7. The molecule has 0 heterocycles. The molecule has 1 atom stereocenters. The van der Waals surface area contributed by atoms with E-state index in [1.54, 1.807) is 6.92 Å². The van der Waals surface area contributed by atoms with Gasteiger partial charge < -0.3 is 4.74 Å². The number of hydrogen-bond acceptors (Lipinski definition) is 3. The van der Waals surface area contributed by atoms with Crippen LogP contribution in [-0.2, 0) is 14.9 Å². The van der Waals surface area contributed by atoms with Gasteiger partial charge in [-0.25, -0.2) is 0 Å². The quantitative estimate of drug-likeness (QED) is 0.640. The number of hydrogen-bond donors (Lipinski definition) is 1. The van der Waals surface area contributed by atoms with Crippen LogP contribution in [0.3, 0.4) is 0 Å². The molecule has 0 amide bonds. The topological polar surface area (TPSA) is 58.6 Å². The summed E-state index contributed by atoms with van der Waals surface area (Å²) in [5.41, 5.74) is 0. The third kappa shape index (κ3) is 4.01. The fourth-order valence-electron chi connectivity index (χ4n) is 0.644. The fraction of sp³-hybridized carbons (Fsp3) is 1.00. The van der Waals surface area contributed by atoms with Gasteiger partial charge in [-0.2, -0.15) is 17.4 Å². The summed E-state index contributed by atoms with van der Waals surface area (Å²) in [6.07, 6.45) is 0. The summed E-state index contributed by atoms with van der Waals surface area (Å²) in [5, 5.41) is 0. The molecule has 0 saturated heterocycles. The fourth-order valence-corrected chi connectivity index (χ4v) is 1.43. The van der Waals surface area contributed by atoms with Crippen molar-refractivity contribution in [1.82, 2.24) is 9.03 Å². The maximum atomic E-state index is 11.2. The van der Waals surface area contributed by atoms with Gasteiger partial charge in [0.05, 0.1) is 6.61 Å². The Morgan fingerprint density at radius 2 is 2.00 bits per heavy atom. The highest BCUT2D eigenvalue weighted by atomic mass is 32.2. The van der Waals surface area contributed by atoms with E-state index in [0.717, 1.165) is 4.31 Å². The van der Waals surface area contributed by atoms with Crippen LogP contribution in [0.5, 0.6) is 0 Å². The van der Waals surface area contributed by atoms with Crippen LogP contribution in [0.15, 0.2) is 0 Å². The molecule has 0 fully saturated rings. The highest BCUT2D eigenvalue weighted by Gasteiger charge is 2.15. The summed E-state index contributed by atoms with van der Waals surface area (Å²) in [6, 6.07) is -0.206. The van der Waals surface area contributed by atoms with Crippen LogP contribution in [0.25, 0.3) is 0 Å². The molecule has 0 radical (unpaired) electrons. The number of nitrogens with zero attached hydrogens (tertiary/aromatic N) is 1. The molecule has 0 spiro atoms. The Hall–Kier alpha value is -0.170. The molecule has 74 valence electrons. The number of ether oxygens (including phenoxy) is 1. The van der Waals surface area contributed by atoms with Crippen LogP contribution in [-0.4, -0.2) is 46.6 Å². The second kappa shape index (κ2) is 4.76. The summed E-state index contributed by atoms with van der Waals surface area (Å²) in [5.74, 6) is 0. The van der Waals surface area contributed by atoms with Gasteiger partial charge in [-0.05, 0) is 6.92 Å². The Labute approximate surface area is 73.9 Å². The minimum absolute atomic E-state index is 0.206. The second-order valence-corrected chi connectivity index (χ2v) is 4.68. The molecular weight excluding hydrogens is 180 g/mol. The molecule has 6 heteroatoms. The molecular formula is C6H16N2O3S. The zero-order chi connectivity index (χ0) is 9.78. The van der Waals surface area contributed by atoms with Crippen molar-refractivity contribution in [3.05, 3.63) is 0 Å². The SMILES string of the molecule is COCC(C)NS(=O)(=O)N(C)C. The van der Waals surface area contributed by atoms with E-state index in [2.05, 4.69) is 4.72 Å². The van der Waals surface area contributed by atoms with E-state index in [4.69, 9.17) is 4.74 Å². The largest absolute Gasteiger partial charge is 0.383 e. The lowest BCUT2D eigenvalue weighted by atomic mass is 10.4. The van der Waals surface area contributed by atoms with Crippen LogP contribution in [0.2, 0.25) is 0 Å². The lowest BCUT2D eigenvalue weighted by Crippen LogP contribution is -2.42. The number of methoxy groups -OCH3 is 1. The van der Waals surface area contributed by atoms with Crippen LogP contribution in [0.4, 0.5) is 0 Å². The Kier molecular flexibility index (Phi) is 4.69. The maximum Gasteiger partial charge on any atom is 0.279 e. The van der Waals surface area contributed by atoms with Gasteiger partial charge in [-0.3, -0.25) is 0 Å². The minimum atomic E-state index is -3.32. The molecule has 1 N–H and O–H groups in total. The van der Waals surface area contributed by atoms with Gasteiger partial charge in [-0.1, -0.05) is 0 Å². The molecule has 0 aromatic rings. The molecule has 0 aliphatic rings. The Balaban J connectivity index is 4.07. The van der Waals surface area contributed by atoms with E-state index < -0.39 is 10.2 Å². The van der Waals surface area contributed by atoms with Crippen LogP contribution in [0.1, 0.15) is 6.92 Å². The van der Waals surface area contributed by atoms with Crippen molar-refractivity contribution in [2.45, 2.75) is 13.0 Å². The van der Waals surface area contributed by atoms with Gasteiger partial charge in [-0.15, -0.1) is 0 Å². The molecule has 0 aliphatic carbocycles. The maximum absolute atomic E-state index is 11.2. The lowest BCUT2D eigenvalue weighted by molar-refractivity contribution is 0.179. The highest BCUT2D eigenvalue weighted by Crippen LogP contribution is 1.92.